The van der Waals surface area contributed by atoms with Gasteiger partial charge in [0.05, 0.1) is 0 Å². The molecular weight excluding hydrogens is 113 g/mol. The number of nitrogens with zero attached hydrogens (tertiary/aromatic N) is 1. The van der Waals surface area contributed by atoms with Crippen molar-refractivity contribution in [2.24, 2.45) is 0 Å². The van der Waals surface area contributed by atoms with Crippen molar-refractivity contribution in [2.75, 3.05) is 0 Å². The van der Waals surface area contributed by atoms with Gasteiger partial charge in [-0.3, -0.25) is 5.92 Å². The van der Waals surface area contributed by atoms with Crippen molar-refractivity contribution in [3.8, 4) is 6.07 Å². The van der Waals surface area contributed by atoms with E-state index in [0.717, 1.165) is 12.3 Å². The largest absolute Gasteiger partial charge is 1.00 e. The molecule has 1 nitrogen and oxygen atoms in total. The van der Waals surface area contributed by atoms with Crippen molar-refractivity contribution < 1.29 is 51.4 Å². The number of nitriles is 1. The summed E-state index contributed by atoms with van der Waals surface area (Å²) in [4.78, 5) is 0. The van der Waals surface area contributed by atoms with Gasteiger partial charge in [-0.1, -0.05) is 6.92 Å². The molecule has 0 saturated carbocycles. The summed E-state index contributed by atoms with van der Waals surface area (Å²) < 4.78 is 0. The van der Waals surface area contributed by atoms with Crippen LogP contribution in [0.3, 0.4) is 0 Å². The Hall–Kier alpha value is 0.996. The zero-order valence-electron chi connectivity index (χ0n) is 5.15. The first kappa shape index (κ1) is 10.9. The molecule has 0 unspecified atom stereocenters. The van der Waals surface area contributed by atoms with E-state index in [1.807, 2.05) is 19.9 Å². The van der Waals surface area contributed by atoms with Crippen LogP contribution in [-0.2, 0) is 0 Å². The van der Waals surface area contributed by atoms with Gasteiger partial charge in [0.15, 0.2) is 0 Å². The first-order chi connectivity index (χ1) is 2.81. The SMILES string of the molecule is CC[C-](C)C#N.[K+]. The molecule has 0 rings (SSSR count). The molecule has 34 valence electrons. The second-order valence-electron chi connectivity index (χ2n) is 1.25. The van der Waals surface area contributed by atoms with Crippen molar-refractivity contribution in [2.45, 2.75) is 20.3 Å². The van der Waals surface area contributed by atoms with Gasteiger partial charge < -0.3 is 0 Å². The van der Waals surface area contributed by atoms with E-state index in [1.54, 1.807) is 0 Å². The molecule has 0 heterocycles. The minimum absolute atomic E-state index is 0. The van der Waals surface area contributed by atoms with E-state index in [1.165, 1.54) is 0 Å². The van der Waals surface area contributed by atoms with Crippen LogP contribution in [0.15, 0.2) is 0 Å². The molecule has 0 fully saturated rings. The van der Waals surface area contributed by atoms with Crippen LogP contribution in [0.25, 0.3) is 0 Å². The van der Waals surface area contributed by atoms with Crippen molar-refractivity contribution >= 4 is 0 Å². The van der Waals surface area contributed by atoms with Gasteiger partial charge in [-0.2, -0.15) is 13.3 Å². The van der Waals surface area contributed by atoms with Gasteiger partial charge in [-0.25, -0.2) is 5.26 Å². The van der Waals surface area contributed by atoms with E-state index in [0.29, 0.717) is 0 Å². The molecule has 0 aromatic rings. The molecule has 2 heteroatoms. The molecule has 0 aliphatic rings. The molecule has 7 heavy (non-hydrogen) atoms. The first-order valence-corrected chi connectivity index (χ1v) is 2.03. The average molecular weight is 121 g/mol. The topological polar surface area (TPSA) is 23.8 Å². The van der Waals surface area contributed by atoms with Gasteiger partial charge in [0.1, 0.15) is 0 Å². The molecule has 0 amide bonds. The number of hydrogen-bond acceptors (Lipinski definition) is 1. The Labute approximate surface area is 87.5 Å². The molecule has 0 N–H and O–H groups in total. The van der Waals surface area contributed by atoms with E-state index < -0.39 is 0 Å². The van der Waals surface area contributed by atoms with Gasteiger partial charge >= 0.3 is 51.4 Å². The summed E-state index contributed by atoms with van der Waals surface area (Å²) in [6, 6.07) is 2.03. The summed E-state index contributed by atoms with van der Waals surface area (Å²) in [5.41, 5.74) is 0. The summed E-state index contributed by atoms with van der Waals surface area (Å²) in [6.45, 7) is 3.80. The van der Waals surface area contributed by atoms with E-state index >= 15 is 0 Å². The van der Waals surface area contributed by atoms with E-state index in [9.17, 15) is 0 Å². The van der Waals surface area contributed by atoms with Crippen LogP contribution in [0.5, 0.6) is 0 Å². The molecule has 0 bridgehead atoms. The average Bonchev–Trinajstić information content (AvgIpc) is 1.65. The van der Waals surface area contributed by atoms with E-state index in [2.05, 4.69) is 0 Å². The summed E-state index contributed by atoms with van der Waals surface area (Å²) in [7, 11) is 0. The Morgan fingerprint density at radius 1 is 1.71 bits per heavy atom. The van der Waals surface area contributed by atoms with Crippen LogP contribution in [0.2, 0.25) is 0 Å². The maximum absolute atomic E-state index is 8.05. The van der Waals surface area contributed by atoms with Gasteiger partial charge in [-0.15, -0.1) is 6.07 Å². The van der Waals surface area contributed by atoms with Crippen molar-refractivity contribution in [3.05, 3.63) is 5.92 Å². The summed E-state index contributed by atoms with van der Waals surface area (Å²) in [5, 5.41) is 8.05. The van der Waals surface area contributed by atoms with E-state index in [4.69, 9.17) is 5.26 Å². The predicted octanol–water partition coefficient (Wildman–Crippen LogP) is -1.48. The molecule has 0 radical (unpaired) electrons. The van der Waals surface area contributed by atoms with Gasteiger partial charge in [0.2, 0.25) is 0 Å². The monoisotopic (exact) mass is 121 g/mol. The van der Waals surface area contributed by atoms with Crippen LogP contribution in [0.4, 0.5) is 0 Å². The van der Waals surface area contributed by atoms with Crippen molar-refractivity contribution in [3.63, 3.8) is 0 Å². The summed E-state index contributed by atoms with van der Waals surface area (Å²) >= 11 is 0. The Morgan fingerprint density at radius 2 is 2.14 bits per heavy atom. The Balaban J connectivity index is 0. The van der Waals surface area contributed by atoms with Crippen LogP contribution in [0, 0.1) is 17.2 Å². The fourth-order valence-electron chi connectivity index (χ4n) is 0.0791. The summed E-state index contributed by atoms with van der Waals surface area (Å²) in [6.07, 6.45) is 0.885. The van der Waals surface area contributed by atoms with Crippen molar-refractivity contribution in [1.29, 1.82) is 5.26 Å². The molecule has 0 aliphatic heterocycles. The standard InChI is InChI=1S/C5H8N.K/c1-3-5(2)4-6;/h3H2,1-2H3;/q-1;+1. The normalized spacial score (nSPS) is 5.86. The third-order valence-corrected chi connectivity index (χ3v) is 0.721. The van der Waals surface area contributed by atoms with Gasteiger partial charge in [-0.05, 0) is 0 Å². The predicted molar refractivity (Wildman–Crippen MR) is 24.8 cm³/mol. The molecule has 0 aromatic carbocycles. The van der Waals surface area contributed by atoms with Gasteiger partial charge in [0.25, 0.3) is 0 Å². The Bertz CT molecular complexity index is 65.0. The van der Waals surface area contributed by atoms with Crippen LogP contribution in [-0.4, -0.2) is 0 Å². The Morgan fingerprint density at radius 3 is 2.14 bits per heavy atom. The zero-order chi connectivity index (χ0) is 4.99. The molecule has 0 aliphatic carbocycles. The fraction of sp³-hybridized carbons (Fsp3) is 0.600. The molecule has 0 aromatic heterocycles. The quantitative estimate of drug-likeness (QED) is 0.306. The second-order valence-corrected chi connectivity index (χ2v) is 1.25. The fourth-order valence-corrected chi connectivity index (χ4v) is 0.0791. The number of rotatable bonds is 1. The molecule has 0 spiro atoms. The Kier molecular flexibility index (Phi) is 10.9. The van der Waals surface area contributed by atoms with Crippen LogP contribution in [0.1, 0.15) is 20.3 Å². The first-order valence-electron chi connectivity index (χ1n) is 2.03. The molecule has 0 saturated heterocycles. The molecular formula is C5H8KN. The minimum Gasteiger partial charge on any atom is -0.280 e. The maximum atomic E-state index is 8.05. The minimum atomic E-state index is 0. The zero-order valence-corrected chi connectivity index (χ0v) is 8.28. The van der Waals surface area contributed by atoms with Crippen LogP contribution >= 0.6 is 0 Å². The third kappa shape index (κ3) is 7.00. The van der Waals surface area contributed by atoms with Crippen LogP contribution < -0.4 is 51.4 Å². The summed E-state index contributed by atoms with van der Waals surface area (Å²) in [5.74, 6) is 0.898. The third-order valence-electron chi connectivity index (χ3n) is 0.721. The van der Waals surface area contributed by atoms with Gasteiger partial charge in [0, 0.05) is 0 Å². The van der Waals surface area contributed by atoms with E-state index in [-0.39, 0.29) is 51.4 Å². The maximum Gasteiger partial charge on any atom is 1.00 e. The van der Waals surface area contributed by atoms with Crippen molar-refractivity contribution in [1.82, 2.24) is 0 Å². The second kappa shape index (κ2) is 7.00. The molecule has 0 atom stereocenters. The smallest absolute Gasteiger partial charge is 0.280 e. The number of hydrogen-bond donors (Lipinski definition) is 0.